The molecule has 0 N–H and O–H groups in total. The van der Waals surface area contributed by atoms with E-state index in [1.165, 1.54) is 4.70 Å². The second kappa shape index (κ2) is 11.0. The first-order valence-electron chi connectivity index (χ1n) is 14.8. The van der Waals surface area contributed by atoms with Gasteiger partial charge in [0.25, 0.3) is 0 Å². The van der Waals surface area contributed by atoms with Gasteiger partial charge >= 0.3 is 0 Å². The van der Waals surface area contributed by atoms with E-state index < -0.39 is 0 Å². The number of oxazole rings is 1. The van der Waals surface area contributed by atoms with Crippen molar-refractivity contribution in [2.24, 2.45) is 0 Å². The zero-order valence-electron chi connectivity index (χ0n) is 24.2. The van der Waals surface area contributed by atoms with E-state index in [0.717, 1.165) is 70.6 Å². The van der Waals surface area contributed by atoms with Crippen LogP contribution >= 0.6 is 22.7 Å². The molecule has 0 aliphatic rings. The highest BCUT2D eigenvalue weighted by atomic mass is 32.1. The van der Waals surface area contributed by atoms with Crippen molar-refractivity contribution in [3.63, 3.8) is 0 Å². The van der Waals surface area contributed by atoms with Crippen molar-refractivity contribution >= 4 is 71.3 Å². The Balaban J connectivity index is 1.09. The Kier molecular flexibility index (Phi) is 6.34. The fourth-order valence-corrected chi connectivity index (χ4v) is 7.47. The van der Waals surface area contributed by atoms with Gasteiger partial charge in [-0.1, -0.05) is 30.3 Å². The molecule has 0 saturated heterocycles. The second-order valence-corrected chi connectivity index (χ2v) is 12.8. The van der Waals surface area contributed by atoms with Gasteiger partial charge in [-0.2, -0.15) is 0 Å². The highest BCUT2D eigenvalue weighted by Gasteiger charge is 2.16. The molecule has 46 heavy (non-hydrogen) atoms. The van der Waals surface area contributed by atoms with Gasteiger partial charge in [-0.05, 0) is 115 Å². The van der Waals surface area contributed by atoms with E-state index in [0.29, 0.717) is 5.89 Å². The maximum Gasteiger partial charge on any atom is 0.227 e. The standard InChI is InChI=1S/C39H22N4OS2/c1-4-10-34-31(7-1)40-37(44-34)25-13-19-28(20-14-25)43(29-21-15-26(16-22-29)38-41-32-8-2-5-11-35(32)45-38)30-23-17-27(18-24-30)39-42-33-9-3-6-12-36(33)46-39/h1-5,7-11,13-24H. The zero-order chi connectivity index (χ0) is 30.5. The number of hydrogen-bond donors (Lipinski definition) is 0. The summed E-state index contributed by atoms with van der Waals surface area (Å²) in [5.41, 5.74) is 9.77. The topological polar surface area (TPSA) is 55.1 Å². The second-order valence-electron chi connectivity index (χ2n) is 10.8. The Morgan fingerprint density at radius 2 is 1.11 bits per heavy atom. The summed E-state index contributed by atoms with van der Waals surface area (Å²) in [6.45, 7) is 0. The van der Waals surface area contributed by atoms with Gasteiger partial charge in [-0.15, -0.1) is 22.7 Å². The first-order valence-corrected chi connectivity index (χ1v) is 16.4. The van der Waals surface area contributed by atoms with E-state index in [4.69, 9.17) is 14.4 Å². The molecule has 9 aromatic rings. The van der Waals surface area contributed by atoms with E-state index in [9.17, 15) is 0 Å². The van der Waals surface area contributed by atoms with Gasteiger partial charge in [0, 0.05) is 33.8 Å². The molecule has 0 unspecified atom stereocenters. The summed E-state index contributed by atoms with van der Waals surface area (Å²) < 4.78 is 8.24. The Morgan fingerprint density at radius 3 is 1.76 bits per heavy atom. The van der Waals surface area contributed by atoms with Crippen LogP contribution in [-0.4, -0.2) is 15.0 Å². The van der Waals surface area contributed by atoms with Crippen LogP contribution in [0.4, 0.5) is 17.1 Å². The first kappa shape index (κ1) is 26.6. The highest BCUT2D eigenvalue weighted by molar-refractivity contribution is 7.22. The lowest BCUT2D eigenvalue weighted by Gasteiger charge is -2.26. The molecule has 3 aromatic heterocycles. The third-order valence-electron chi connectivity index (χ3n) is 7.87. The molecule has 0 fully saturated rings. The number of nitrogens with zero attached hydrogens (tertiary/aromatic N) is 4. The number of fused-ring (bicyclic) bond motifs is 3. The molecule has 6 aromatic carbocycles. The van der Waals surface area contributed by atoms with Gasteiger partial charge in [0.15, 0.2) is 5.58 Å². The summed E-state index contributed by atoms with van der Waals surface area (Å²) in [5.74, 6) is 0.606. The van der Waals surface area contributed by atoms with Gasteiger partial charge in [0.2, 0.25) is 5.89 Å². The molecule has 0 atom stereocenters. The maximum atomic E-state index is 6.04. The molecular formula is C39H22N4OS2. The number of para-hydroxylation sites is 3. The van der Waals surface area contributed by atoms with Gasteiger partial charge < -0.3 is 9.32 Å². The number of rotatable bonds is 6. The van der Waals surface area contributed by atoms with Crippen molar-refractivity contribution in [1.29, 1.82) is 0 Å². The minimum absolute atomic E-state index is 0.606. The molecule has 216 valence electrons. The van der Waals surface area contributed by atoms with Crippen LogP contribution in [0.15, 0.2) is 138 Å². The highest BCUT2D eigenvalue weighted by Crippen LogP contribution is 2.39. The number of benzene rings is 5. The summed E-state index contributed by atoms with van der Waals surface area (Å²) in [5, 5.41) is 1.98. The Labute approximate surface area is 272 Å². The fraction of sp³-hybridized carbons (Fsp3) is 0. The Morgan fingerprint density at radius 1 is 0.522 bits per heavy atom. The average molecular weight is 627 g/mol. The van der Waals surface area contributed by atoms with Crippen LogP contribution in [0.2, 0.25) is 0 Å². The summed E-state index contributed by atoms with van der Waals surface area (Å²) in [4.78, 5) is 16.6. The van der Waals surface area contributed by atoms with E-state index >= 15 is 0 Å². The van der Waals surface area contributed by atoms with Gasteiger partial charge in [0.05, 0.1) is 15.7 Å². The number of thiazole rings is 2. The molecule has 7 heteroatoms. The van der Waals surface area contributed by atoms with E-state index in [-0.39, 0.29) is 0 Å². The summed E-state index contributed by atoms with van der Waals surface area (Å²) in [7, 11) is 0. The van der Waals surface area contributed by atoms with Crippen LogP contribution in [0.1, 0.15) is 0 Å². The molecule has 0 saturated carbocycles. The van der Waals surface area contributed by atoms with Crippen molar-refractivity contribution in [2.45, 2.75) is 0 Å². The van der Waals surface area contributed by atoms with E-state index in [1.54, 1.807) is 22.7 Å². The van der Waals surface area contributed by atoms with Crippen molar-refractivity contribution in [2.75, 3.05) is 4.90 Å². The van der Waals surface area contributed by atoms with Crippen LogP contribution in [0.25, 0.3) is 64.1 Å². The van der Waals surface area contributed by atoms with Crippen LogP contribution in [0.5, 0.6) is 0 Å². The molecule has 9 rings (SSSR count). The van der Waals surface area contributed by atoms with Crippen molar-refractivity contribution in [1.82, 2.24) is 15.0 Å². The van der Waals surface area contributed by atoms with Crippen LogP contribution < -0.4 is 4.90 Å². The summed E-state index contributed by atoms with van der Waals surface area (Å²) in [6.07, 6.45) is 0. The Hall–Kier alpha value is -5.81. The Bertz CT molecular complexity index is 2100. The SMILES string of the molecule is c1ccc2nc(-c3ccc(N(c4ccc(-c5nc6ccccc6o5)cc4)c4ccc(-c5nc6ccccc6s5)cc4)cc3)sc2c#1. The minimum Gasteiger partial charge on any atom is -0.436 e. The summed E-state index contributed by atoms with van der Waals surface area (Å²) in [6, 6.07) is 51.6. The molecule has 0 spiro atoms. The van der Waals surface area contributed by atoms with E-state index in [1.807, 2.05) is 42.5 Å². The van der Waals surface area contributed by atoms with Gasteiger partial charge in [-0.25, -0.2) is 15.0 Å². The largest absolute Gasteiger partial charge is 0.436 e. The molecular weight excluding hydrogens is 605 g/mol. The lowest BCUT2D eigenvalue weighted by Crippen LogP contribution is -2.09. The molecule has 0 amide bonds. The first-order chi connectivity index (χ1) is 22.7. The average Bonchev–Trinajstić information content (AvgIpc) is 3.86. The number of hydrogen-bond acceptors (Lipinski definition) is 7. The molecule has 0 aliphatic carbocycles. The predicted octanol–water partition coefficient (Wildman–Crippen LogP) is 11.1. The van der Waals surface area contributed by atoms with Crippen molar-refractivity contribution in [3.05, 3.63) is 146 Å². The molecule has 0 aliphatic heterocycles. The lowest BCUT2D eigenvalue weighted by atomic mass is 10.1. The normalized spacial score (nSPS) is 11.3. The number of aromatic nitrogens is 3. The third-order valence-corrected chi connectivity index (χ3v) is 9.99. The quantitative estimate of drug-likeness (QED) is 0.184. The van der Waals surface area contributed by atoms with Crippen molar-refractivity contribution in [3.8, 4) is 32.6 Å². The van der Waals surface area contributed by atoms with Gasteiger partial charge in [-0.3, -0.25) is 0 Å². The van der Waals surface area contributed by atoms with Gasteiger partial charge in [0.1, 0.15) is 20.2 Å². The molecule has 3 heterocycles. The van der Waals surface area contributed by atoms with Crippen LogP contribution in [0.3, 0.4) is 0 Å². The maximum absolute atomic E-state index is 6.04. The smallest absolute Gasteiger partial charge is 0.227 e. The van der Waals surface area contributed by atoms with Crippen molar-refractivity contribution < 1.29 is 4.42 Å². The van der Waals surface area contributed by atoms with Crippen LogP contribution in [0, 0.1) is 12.1 Å². The molecule has 5 nitrogen and oxygen atoms in total. The lowest BCUT2D eigenvalue weighted by molar-refractivity contribution is 0.620. The van der Waals surface area contributed by atoms with E-state index in [2.05, 4.69) is 113 Å². The zero-order valence-corrected chi connectivity index (χ0v) is 25.8. The monoisotopic (exact) mass is 626 g/mol. The fourth-order valence-electron chi connectivity index (χ4n) is 5.58. The summed E-state index contributed by atoms with van der Waals surface area (Å²) >= 11 is 3.34. The molecule has 0 bridgehead atoms. The van der Waals surface area contributed by atoms with Crippen LogP contribution in [-0.2, 0) is 0 Å². The predicted molar refractivity (Wildman–Crippen MR) is 189 cm³/mol. The number of anilines is 3. The minimum atomic E-state index is 0.606. The third kappa shape index (κ3) is 4.77. The molecule has 0 radical (unpaired) electrons.